The van der Waals surface area contributed by atoms with Crippen LogP contribution in [0.25, 0.3) is 0 Å². The standard InChI is InChI=1S/C7H16N2/c1-3-8-6-5-7-9-4-2/h5-6,8-9H,3-4,7H2,1-2H3/b6-5+. The first-order valence-electron chi connectivity index (χ1n) is 3.51. The molecule has 0 spiro atoms. The van der Waals surface area contributed by atoms with E-state index in [4.69, 9.17) is 0 Å². The van der Waals surface area contributed by atoms with E-state index in [-0.39, 0.29) is 0 Å². The summed E-state index contributed by atoms with van der Waals surface area (Å²) < 4.78 is 0. The molecule has 0 radical (unpaired) electrons. The van der Waals surface area contributed by atoms with Crippen LogP contribution in [0.15, 0.2) is 12.3 Å². The Hall–Kier alpha value is -0.500. The molecular formula is C7H16N2. The van der Waals surface area contributed by atoms with Gasteiger partial charge in [-0.2, -0.15) is 0 Å². The number of hydrogen-bond acceptors (Lipinski definition) is 2. The van der Waals surface area contributed by atoms with Crippen molar-refractivity contribution < 1.29 is 0 Å². The molecule has 0 aromatic heterocycles. The van der Waals surface area contributed by atoms with Gasteiger partial charge in [-0.15, -0.1) is 0 Å². The Morgan fingerprint density at radius 2 is 2.00 bits per heavy atom. The summed E-state index contributed by atoms with van der Waals surface area (Å²) in [5, 5.41) is 6.27. The second kappa shape index (κ2) is 7.50. The zero-order valence-electron chi connectivity index (χ0n) is 6.28. The van der Waals surface area contributed by atoms with Crippen molar-refractivity contribution in [3.8, 4) is 0 Å². The summed E-state index contributed by atoms with van der Waals surface area (Å²) in [6.07, 6.45) is 4.05. The summed E-state index contributed by atoms with van der Waals surface area (Å²) in [6, 6.07) is 0. The van der Waals surface area contributed by atoms with Crippen LogP contribution in [0.5, 0.6) is 0 Å². The third-order valence-corrected chi connectivity index (χ3v) is 0.952. The Morgan fingerprint density at radius 3 is 2.56 bits per heavy atom. The third kappa shape index (κ3) is 7.50. The predicted octanol–water partition coefficient (Wildman–Crippen LogP) is 0.719. The molecule has 0 rings (SSSR count). The molecule has 0 amide bonds. The van der Waals surface area contributed by atoms with Crippen LogP contribution >= 0.6 is 0 Å². The van der Waals surface area contributed by atoms with Crippen LogP contribution < -0.4 is 10.6 Å². The molecule has 0 aliphatic rings. The quantitative estimate of drug-likeness (QED) is 0.533. The van der Waals surface area contributed by atoms with E-state index in [0.717, 1.165) is 19.6 Å². The molecule has 9 heavy (non-hydrogen) atoms. The fourth-order valence-corrected chi connectivity index (χ4v) is 0.488. The number of rotatable bonds is 5. The van der Waals surface area contributed by atoms with Gasteiger partial charge in [0.25, 0.3) is 0 Å². The maximum Gasteiger partial charge on any atom is 0.0151 e. The van der Waals surface area contributed by atoms with Crippen LogP contribution in [0.3, 0.4) is 0 Å². The van der Waals surface area contributed by atoms with Crippen molar-refractivity contribution in [1.29, 1.82) is 0 Å². The normalized spacial score (nSPS) is 10.4. The summed E-state index contributed by atoms with van der Waals surface area (Å²) in [5.74, 6) is 0. The lowest BCUT2D eigenvalue weighted by atomic mass is 10.5. The minimum atomic E-state index is 0.962. The van der Waals surface area contributed by atoms with Crippen LogP contribution in [0.2, 0.25) is 0 Å². The highest BCUT2D eigenvalue weighted by Gasteiger charge is 1.72. The van der Waals surface area contributed by atoms with Gasteiger partial charge in [-0.25, -0.2) is 0 Å². The van der Waals surface area contributed by atoms with Crippen molar-refractivity contribution >= 4 is 0 Å². The zero-order valence-corrected chi connectivity index (χ0v) is 6.28. The topological polar surface area (TPSA) is 24.1 Å². The van der Waals surface area contributed by atoms with Gasteiger partial charge in [0.15, 0.2) is 0 Å². The average molecular weight is 128 g/mol. The molecule has 0 bridgehead atoms. The maximum absolute atomic E-state index is 3.18. The van der Waals surface area contributed by atoms with Crippen LogP contribution in [-0.4, -0.2) is 19.6 Å². The van der Waals surface area contributed by atoms with Crippen LogP contribution in [0.4, 0.5) is 0 Å². The monoisotopic (exact) mass is 128 g/mol. The minimum Gasteiger partial charge on any atom is -0.391 e. The molecule has 2 heteroatoms. The molecule has 0 aromatic rings. The smallest absolute Gasteiger partial charge is 0.0151 e. The highest BCUT2D eigenvalue weighted by atomic mass is 14.8. The van der Waals surface area contributed by atoms with E-state index < -0.39 is 0 Å². The summed E-state index contributed by atoms with van der Waals surface area (Å²) in [6.45, 7) is 7.18. The highest BCUT2D eigenvalue weighted by molar-refractivity contribution is 4.80. The molecular weight excluding hydrogens is 112 g/mol. The van der Waals surface area contributed by atoms with Crippen molar-refractivity contribution in [3.05, 3.63) is 12.3 Å². The van der Waals surface area contributed by atoms with E-state index in [0.29, 0.717) is 0 Å². The SMILES string of the molecule is CCN/C=C/CNCC. The van der Waals surface area contributed by atoms with Crippen molar-refractivity contribution in [3.63, 3.8) is 0 Å². The number of likely N-dealkylation sites (N-methyl/N-ethyl adjacent to an activating group) is 1. The minimum absolute atomic E-state index is 0.962. The second-order valence-electron chi connectivity index (χ2n) is 1.77. The molecule has 2 nitrogen and oxygen atoms in total. The fraction of sp³-hybridized carbons (Fsp3) is 0.714. The first-order valence-corrected chi connectivity index (χ1v) is 3.51. The Kier molecular flexibility index (Phi) is 7.08. The first-order chi connectivity index (χ1) is 4.41. The summed E-state index contributed by atoms with van der Waals surface area (Å²) in [5.41, 5.74) is 0. The van der Waals surface area contributed by atoms with E-state index >= 15 is 0 Å². The lowest BCUT2D eigenvalue weighted by molar-refractivity contribution is 0.793. The fourth-order valence-electron chi connectivity index (χ4n) is 0.488. The molecule has 0 atom stereocenters. The Labute approximate surface area is 57.3 Å². The summed E-state index contributed by atoms with van der Waals surface area (Å²) in [7, 11) is 0. The lowest BCUT2D eigenvalue weighted by Gasteiger charge is -1.93. The number of hydrogen-bond donors (Lipinski definition) is 2. The molecule has 2 N–H and O–H groups in total. The Bertz CT molecular complexity index is 69.3. The number of nitrogens with one attached hydrogen (secondary N) is 2. The lowest BCUT2D eigenvalue weighted by Crippen LogP contribution is -2.12. The average Bonchev–Trinajstić information content (AvgIpc) is 1.89. The Balaban J connectivity index is 2.86. The Morgan fingerprint density at radius 1 is 1.22 bits per heavy atom. The van der Waals surface area contributed by atoms with Gasteiger partial charge in [-0.1, -0.05) is 13.0 Å². The zero-order chi connectivity index (χ0) is 6.95. The molecule has 0 unspecified atom stereocenters. The molecule has 0 saturated heterocycles. The van der Waals surface area contributed by atoms with Gasteiger partial charge in [-0.3, -0.25) is 0 Å². The largest absolute Gasteiger partial charge is 0.391 e. The van der Waals surface area contributed by atoms with E-state index in [1.807, 2.05) is 6.20 Å². The van der Waals surface area contributed by atoms with E-state index in [1.165, 1.54) is 0 Å². The van der Waals surface area contributed by atoms with Gasteiger partial charge in [-0.05, 0) is 19.7 Å². The van der Waals surface area contributed by atoms with E-state index in [1.54, 1.807) is 0 Å². The van der Waals surface area contributed by atoms with Crippen molar-refractivity contribution in [2.24, 2.45) is 0 Å². The van der Waals surface area contributed by atoms with Gasteiger partial charge in [0.05, 0.1) is 0 Å². The highest BCUT2D eigenvalue weighted by Crippen LogP contribution is 1.64. The molecule has 0 heterocycles. The summed E-state index contributed by atoms with van der Waals surface area (Å²) in [4.78, 5) is 0. The second-order valence-corrected chi connectivity index (χ2v) is 1.77. The van der Waals surface area contributed by atoms with Gasteiger partial charge >= 0.3 is 0 Å². The third-order valence-electron chi connectivity index (χ3n) is 0.952. The van der Waals surface area contributed by atoms with Crippen LogP contribution in [-0.2, 0) is 0 Å². The molecule has 0 aliphatic heterocycles. The van der Waals surface area contributed by atoms with Gasteiger partial charge in [0, 0.05) is 13.1 Å². The van der Waals surface area contributed by atoms with Crippen molar-refractivity contribution in [2.45, 2.75) is 13.8 Å². The molecule has 0 fully saturated rings. The van der Waals surface area contributed by atoms with E-state index in [9.17, 15) is 0 Å². The predicted molar refractivity (Wildman–Crippen MR) is 41.4 cm³/mol. The summed E-state index contributed by atoms with van der Waals surface area (Å²) >= 11 is 0. The van der Waals surface area contributed by atoms with Gasteiger partial charge in [0.1, 0.15) is 0 Å². The first kappa shape index (κ1) is 8.50. The van der Waals surface area contributed by atoms with Gasteiger partial charge in [0.2, 0.25) is 0 Å². The van der Waals surface area contributed by atoms with Crippen LogP contribution in [0, 0.1) is 0 Å². The van der Waals surface area contributed by atoms with Crippen LogP contribution in [0.1, 0.15) is 13.8 Å². The molecule has 0 saturated carbocycles. The van der Waals surface area contributed by atoms with E-state index in [2.05, 4.69) is 30.6 Å². The molecule has 0 aromatic carbocycles. The molecule has 54 valence electrons. The van der Waals surface area contributed by atoms with Crippen molar-refractivity contribution in [1.82, 2.24) is 10.6 Å². The van der Waals surface area contributed by atoms with Gasteiger partial charge < -0.3 is 10.6 Å². The van der Waals surface area contributed by atoms with Crippen molar-refractivity contribution in [2.75, 3.05) is 19.6 Å². The maximum atomic E-state index is 3.18. The molecule has 0 aliphatic carbocycles.